The number of hydrogen-bond acceptors (Lipinski definition) is 3. The molecular weight excluding hydrogens is 413 g/mol. The molecule has 0 bridgehead atoms. The topological polar surface area (TPSA) is 61.3 Å². The molecule has 0 saturated carbocycles. The molecule has 4 rings (SSSR count). The Morgan fingerprint density at radius 1 is 1.13 bits per heavy atom. The van der Waals surface area contributed by atoms with Crippen molar-refractivity contribution in [1.82, 2.24) is 15.2 Å². The third-order valence-corrected chi connectivity index (χ3v) is 5.50. The molecule has 158 valence electrons. The monoisotopic (exact) mass is 435 g/mol. The number of rotatable bonds is 6. The zero-order valence-corrected chi connectivity index (χ0v) is 17.8. The molecule has 5 nitrogen and oxygen atoms in total. The lowest BCUT2D eigenvalue weighted by Gasteiger charge is -2.26. The van der Waals surface area contributed by atoms with Crippen LogP contribution in [0.3, 0.4) is 0 Å². The molecule has 0 unspecified atom stereocenters. The average Bonchev–Trinajstić information content (AvgIpc) is 3.28. The summed E-state index contributed by atoms with van der Waals surface area (Å²) in [5.41, 5.74) is 3.18. The number of aromatic amines is 1. The number of nitrogens with zero attached hydrogens (tertiary/aromatic N) is 1. The highest BCUT2D eigenvalue weighted by molar-refractivity contribution is 7.80. The summed E-state index contributed by atoms with van der Waals surface area (Å²) in [6.45, 7) is 3.13. The zero-order chi connectivity index (χ0) is 21.8. The Balaban J connectivity index is 1.60. The summed E-state index contributed by atoms with van der Waals surface area (Å²) in [6, 6.07) is 17.7. The Labute approximate surface area is 184 Å². The summed E-state index contributed by atoms with van der Waals surface area (Å²) in [5.74, 6) is 0.457. The number of para-hydroxylation sites is 1. The Morgan fingerprint density at radius 3 is 2.68 bits per heavy atom. The molecule has 0 aliphatic heterocycles. The number of furan rings is 1. The molecule has 0 radical (unpaired) electrons. The predicted octanol–water partition coefficient (Wildman–Crippen LogP) is 4.65. The Morgan fingerprint density at radius 2 is 1.94 bits per heavy atom. The van der Waals surface area contributed by atoms with Crippen LogP contribution in [0.5, 0.6) is 0 Å². The lowest BCUT2D eigenvalue weighted by atomic mass is 10.1. The first-order chi connectivity index (χ1) is 15.0. The van der Waals surface area contributed by atoms with E-state index >= 15 is 0 Å². The van der Waals surface area contributed by atoms with E-state index in [-0.39, 0.29) is 11.4 Å². The van der Waals surface area contributed by atoms with Crippen molar-refractivity contribution in [2.75, 3.05) is 0 Å². The molecule has 0 aliphatic rings. The first-order valence-corrected chi connectivity index (χ1v) is 10.3. The van der Waals surface area contributed by atoms with Crippen LogP contribution in [0.1, 0.15) is 22.5 Å². The van der Waals surface area contributed by atoms with Crippen molar-refractivity contribution in [2.24, 2.45) is 0 Å². The summed E-state index contributed by atoms with van der Waals surface area (Å²) in [4.78, 5) is 17.6. The minimum Gasteiger partial charge on any atom is -0.467 e. The Bertz CT molecular complexity index is 1250. The fraction of sp³-hybridized carbons (Fsp3) is 0.167. The first kappa shape index (κ1) is 20.8. The highest BCUT2D eigenvalue weighted by Crippen LogP contribution is 2.17. The molecule has 7 heteroatoms. The third kappa shape index (κ3) is 5.00. The van der Waals surface area contributed by atoms with Crippen LogP contribution in [-0.4, -0.2) is 15.0 Å². The lowest BCUT2D eigenvalue weighted by Crippen LogP contribution is -2.39. The maximum Gasteiger partial charge on any atom is 0.253 e. The van der Waals surface area contributed by atoms with Gasteiger partial charge in [-0.1, -0.05) is 30.3 Å². The molecule has 2 aromatic carbocycles. The second-order valence-corrected chi connectivity index (χ2v) is 7.77. The van der Waals surface area contributed by atoms with Crippen molar-refractivity contribution >= 4 is 28.2 Å². The van der Waals surface area contributed by atoms with Gasteiger partial charge in [-0.3, -0.25) is 4.79 Å². The number of benzene rings is 2. The number of halogens is 1. The predicted molar refractivity (Wildman–Crippen MR) is 123 cm³/mol. The van der Waals surface area contributed by atoms with Gasteiger partial charge in [-0.25, -0.2) is 4.39 Å². The van der Waals surface area contributed by atoms with E-state index in [1.165, 1.54) is 12.1 Å². The SMILES string of the molecule is Cc1cccc2cc(CN(Cc3ccc(F)cc3)C(=S)NCc3ccco3)c(=O)[nH]c12. The Kier molecular flexibility index (Phi) is 6.13. The molecule has 4 aromatic rings. The van der Waals surface area contributed by atoms with Gasteiger partial charge in [0.15, 0.2) is 5.11 Å². The summed E-state index contributed by atoms with van der Waals surface area (Å²) >= 11 is 5.62. The van der Waals surface area contributed by atoms with Crippen LogP contribution in [0.2, 0.25) is 0 Å². The van der Waals surface area contributed by atoms with Crippen LogP contribution in [0.25, 0.3) is 10.9 Å². The van der Waals surface area contributed by atoms with Crippen molar-refractivity contribution in [1.29, 1.82) is 0 Å². The highest BCUT2D eigenvalue weighted by Gasteiger charge is 2.15. The van der Waals surface area contributed by atoms with Gasteiger partial charge >= 0.3 is 0 Å². The van der Waals surface area contributed by atoms with E-state index in [1.807, 2.05) is 48.2 Å². The van der Waals surface area contributed by atoms with Gasteiger partial charge in [-0.2, -0.15) is 0 Å². The summed E-state index contributed by atoms with van der Waals surface area (Å²) in [7, 11) is 0. The van der Waals surface area contributed by atoms with Crippen LogP contribution in [-0.2, 0) is 19.6 Å². The molecule has 0 fully saturated rings. The van der Waals surface area contributed by atoms with E-state index in [2.05, 4.69) is 10.3 Å². The summed E-state index contributed by atoms with van der Waals surface area (Å²) < 4.78 is 18.7. The molecule has 0 saturated heterocycles. The van der Waals surface area contributed by atoms with Gasteiger partial charge < -0.3 is 19.6 Å². The second kappa shape index (κ2) is 9.14. The molecular formula is C24H22FN3O2S. The zero-order valence-electron chi connectivity index (χ0n) is 17.0. The number of thiocarbonyl (C=S) groups is 1. The Hall–Kier alpha value is -3.45. The van der Waals surface area contributed by atoms with E-state index in [9.17, 15) is 9.18 Å². The number of aromatic nitrogens is 1. The molecule has 2 heterocycles. The van der Waals surface area contributed by atoms with Crippen LogP contribution in [0.4, 0.5) is 4.39 Å². The van der Waals surface area contributed by atoms with Gasteiger partial charge in [0, 0.05) is 12.1 Å². The maximum absolute atomic E-state index is 13.3. The number of H-pyrrole nitrogens is 1. The van der Waals surface area contributed by atoms with E-state index in [1.54, 1.807) is 18.4 Å². The number of nitrogens with one attached hydrogen (secondary N) is 2. The average molecular weight is 436 g/mol. The van der Waals surface area contributed by atoms with Gasteiger partial charge in [0.25, 0.3) is 5.56 Å². The molecule has 2 N–H and O–H groups in total. The van der Waals surface area contributed by atoms with Crippen LogP contribution in [0.15, 0.2) is 76.1 Å². The standard InChI is InChI=1S/C24H22FN3O2S/c1-16-4-2-5-18-12-19(23(29)27-22(16)18)15-28(14-17-7-9-20(25)10-8-17)24(31)26-13-21-6-3-11-30-21/h2-12H,13-15H2,1H3,(H,26,31)(H,27,29). The van der Waals surface area contributed by atoms with E-state index in [0.717, 1.165) is 27.8 Å². The first-order valence-electron chi connectivity index (χ1n) is 9.91. The van der Waals surface area contributed by atoms with Crippen molar-refractivity contribution in [3.63, 3.8) is 0 Å². The minimum absolute atomic E-state index is 0.153. The van der Waals surface area contributed by atoms with Crippen molar-refractivity contribution in [3.05, 3.63) is 106 Å². The molecule has 0 amide bonds. The quantitative estimate of drug-likeness (QED) is 0.432. The lowest BCUT2D eigenvalue weighted by molar-refractivity contribution is 0.393. The fourth-order valence-electron chi connectivity index (χ4n) is 3.45. The van der Waals surface area contributed by atoms with Crippen molar-refractivity contribution < 1.29 is 8.81 Å². The van der Waals surface area contributed by atoms with E-state index < -0.39 is 0 Å². The molecule has 0 aliphatic carbocycles. The minimum atomic E-state index is -0.296. The van der Waals surface area contributed by atoms with Gasteiger partial charge in [0.1, 0.15) is 11.6 Å². The maximum atomic E-state index is 13.3. The summed E-state index contributed by atoms with van der Waals surface area (Å²) in [6.07, 6.45) is 1.60. The van der Waals surface area contributed by atoms with Crippen molar-refractivity contribution in [2.45, 2.75) is 26.6 Å². The van der Waals surface area contributed by atoms with Gasteiger partial charge in [0.05, 0.1) is 24.9 Å². The number of hydrogen-bond donors (Lipinski definition) is 2. The fourth-order valence-corrected chi connectivity index (χ4v) is 3.65. The van der Waals surface area contributed by atoms with Crippen LogP contribution >= 0.6 is 12.2 Å². The summed E-state index contributed by atoms with van der Waals surface area (Å²) in [5, 5.41) is 4.62. The molecule has 31 heavy (non-hydrogen) atoms. The van der Waals surface area contributed by atoms with Gasteiger partial charge in [-0.05, 0) is 66.0 Å². The number of fused-ring (bicyclic) bond motifs is 1. The molecule has 0 spiro atoms. The largest absolute Gasteiger partial charge is 0.467 e. The van der Waals surface area contributed by atoms with Crippen LogP contribution < -0.4 is 10.9 Å². The number of pyridine rings is 1. The number of aryl methyl sites for hydroxylation is 1. The smallest absolute Gasteiger partial charge is 0.253 e. The van der Waals surface area contributed by atoms with Gasteiger partial charge in [0.2, 0.25) is 0 Å². The molecule has 0 atom stereocenters. The third-order valence-electron chi connectivity index (χ3n) is 5.09. The normalized spacial score (nSPS) is 10.9. The van der Waals surface area contributed by atoms with E-state index in [4.69, 9.17) is 16.6 Å². The molecule has 2 aromatic heterocycles. The van der Waals surface area contributed by atoms with Gasteiger partial charge in [-0.15, -0.1) is 0 Å². The van der Waals surface area contributed by atoms with Crippen LogP contribution in [0, 0.1) is 12.7 Å². The van der Waals surface area contributed by atoms with E-state index in [0.29, 0.717) is 30.3 Å². The van der Waals surface area contributed by atoms with Crippen molar-refractivity contribution in [3.8, 4) is 0 Å². The second-order valence-electron chi connectivity index (χ2n) is 7.38. The highest BCUT2D eigenvalue weighted by atomic mass is 32.1.